The van der Waals surface area contributed by atoms with Gasteiger partial charge in [-0.1, -0.05) is 0 Å². The largest absolute Gasteiger partial charge is 0.523 e. The number of likely N-dealkylation sites (N-methyl/N-ethyl adjacent to an activating group) is 1. The number of halogens is 3. The van der Waals surface area contributed by atoms with E-state index in [1.54, 1.807) is 0 Å². The standard InChI is InChI=1S/C5H5F3N2O/c1-10-3-4(2-9-10)11-5(6,7)8/h2,4H,1H3. The van der Waals surface area contributed by atoms with Crippen LogP contribution in [0.25, 0.3) is 0 Å². The van der Waals surface area contributed by atoms with Gasteiger partial charge in [-0.25, -0.2) is 0 Å². The average molecular weight is 166 g/mol. The maximum atomic E-state index is 11.5. The summed E-state index contributed by atoms with van der Waals surface area (Å²) in [4.78, 5) is 0. The molecule has 1 unspecified atom stereocenters. The highest BCUT2D eigenvalue weighted by Gasteiger charge is 2.35. The van der Waals surface area contributed by atoms with Crippen molar-refractivity contribution in [3.63, 3.8) is 0 Å². The van der Waals surface area contributed by atoms with Gasteiger partial charge in [0.05, 0.1) is 6.21 Å². The summed E-state index contributed by atoms with van der Waals surface area (Å²) < 4.78 is 38.0. The molecule has 0 saturated carbocycles. The van der Waals surface area contributed by atoms with Gasteiger partial charge in [0.25, 0.3) is 0 Å². The molecule has 0 amide bonds. The molecule has 0 aromatic rings. The molecule has 0 aromatic heterocycles. The highest BCUT2D eigenvalue weighted by atomic mass is 19.4. The maximum Gasteiger partial charge on any atom is 0.523 e. The van der Waals surface area contributed by atoms with Crippen LogP contribution < -0.4 is 0 Å². The van der Waals surface area contributed by atoms with Crippen molar-refractivity contribution in [2.24, 2.45) is 5.10 Å². The molecule has 11 heavy (non-hydrogen) atoms. The van der Waals surface area contributed by atoms with Crippen LogP contribution in [-0.2, 0) is 4.74 Å². The van der Waals surface area contributed by atoms with Gasteiger partial charge >= 0.3 is 6.36 Å². The van der Waals surface area contributed by atoms with Gasteiger partial charge in [-0.3, -0.25) is 9.75 Å². The molecule has 0 spiro atoms. The van der Waals surface area contributed by atoms with E-state index in [2.05, 4.69) is 16.4 Å². The molecule has 0 bridgehead atoms. The Morgan fingerprint density at radius 3 is 2.64 bits per heavy atom. The number of ether oxygens (including phenoxy) is 1. The second kappa shape index (κ2) is 2.69. The summed E-state index contributed by atoms with van der Waals surface area (Å²) >= 11 is 0. The topological polar surface area (TPSA) is 24.8 Å². The summed E-state index contributed by atoms with van der Waals surface area (Å²) in [5, 5.41) is 4.61. The molecule has 2 radical (unpaired) electrons. The van der Waals surface area contributed by atoms with Gasteiger partial charge in [-0.05, 0) is 0 Å². The number of hydrogen-bond donors (Lipinski definition) is 0. The zero-order valence-corrected chi connectivity index (χ0v) is 5.59. The van der Waals surface area contributed by atoms with E-state index in [1.165, 1.54) is 7.05 Å². The zero-order valence-electron chi connectivity index (χ0n) is 5.59. The van der Waals surface area contributed by atoms with Crippen molar-refractivity contribution in [2.75, 3.05) is 7.05 Å². The monoisotopic (exact) mass is 166 g/mol. The summed E-state index contributed by atoms with van der Waals surface area (Å²) in [5.41, 5.74) is 0. The van der Waals surface area contributed by atoms with Crippen LogP contribution in [0.5, 0.6) is 0 Å². The van der Waals surface area contributed by atoms with Gasteiger partial charge in [-0.15, -0.1) is 13.2 Å². The van der Waals surface area contributed by atoms with Crippen molar-refractivity contribution in [3.05, 3.63) is 6.54 Å². The van der Waals surface area contributed by atoms with Crippen LogP contribution in [0.3, 0.4) is 0 Å². The van der Waals surface area contributed by atoms with Crippen LogP contribution in [0, 0.1) is 6.54 Å². The second-order valence-electron chi connectivity index (χ2n) is 1.90. The second-order valence-corrected chi connectivity index (χ2v) is 1.90. The third-order valence-electron chi connectivity index (χ3n) is 0.950. The lowest BCUT2D eigenvalue weighted by atomic mass is 10.4. The van der Waals surface area contributed by atoms with Crippen LogP contribution in [-0.4, -0.2) is 30.7 Å². The first kappa shape index (κ1) is 8.32. The van der Waals surface area contributed by atoms with Crippen molar-refractivity contribution in [1.82, 2.24) is 5.01 Å². The van der Waals surface area contributed by atoms with Gasteiger partial charge in [0, 0.05) is 7.05 Å². The lowest BCUT2D eigenvalue weighted by Gasteiger charge is -2.11. The lowest BCUT2D eigenvalue weighted by molar-refractivity contribution is -0.329. The van der Waals surface area contributed by atoms with E-state index >= 15 is 0 Å². The Labute approximate surface area is 61.4 Å². The number of hydrogen-bond acceptors (Lipinski definition) is 3. The maximum absolute atomic E-state index is 11.5. The Bertz CT molecular complexity index is 168. The van der Waals surface area contributed by atoms with Crippen LogP contribution in [0.4, 0.5) is 13.2 Å². The van der Waals surface area contributed by atoms with Crippen LogP contribution >= 0.6 is 0 Å². The Morgan fingerprint density at radius 1 is 1.64 bits per heavy atom. The van der Waals surface area contributed by atoms with Gasteiger partial charge in [0.1, 0.15) is 12.6 Å². The molecule has 6 heteroatoms. The molecular formula is C5H5F3N2O. The van der Waals surface area contributed by atoms with E-state index in [0.29, 0.717) is 0 Å². The molecule has 0 saturated heterocycles. The Kier molecular flexibility index (Phi) is 2.03. The molecule has 1 rings (SSSR count). The van der Waals surface area contributed by atoms with Crippen LogP contribution in [0.15, 0.2) is 5.10 Å². The number of hydrazone groups is 1. The van der Waals surface area contributed by atoms with Crippen molar-refractivity contribution in [3.8, 4) is 0 Å². The molecule has 0 aliphatic carbocycles. The highest BCUT2D eigenvalue weighted by molar-refractivity contribution is 5.66. The minimum absolute atomic E-state index is 1.02. The molecule has 0 aromatic carbocycles. The van der Waals surface area contributed by atoms with Gasteiger partial charge < -0.3 is 0 Å². The molecule has 0 fully saturated rings. The van der Waals surface area contributed by atoms with E-state index < -0.39 is 12.5 Å². The van der Waals surface area contributed by atoms with E-state index in [1.807, 2.05) is 0 Å². The van der Waals surface area contributed by atoms with Gasteiger partial charge in [0.15, 0.2) is 0 Å². The molecule has 0 N–H and O–H groups in total. The third-order valence-corrected chi connectivity index (χ3v) is 0.950. The molecule has 62 valence electrons. The predicted molar refractivity (Wildman–Crippen MR) is 30.4 cm³/mol. The Balaban J connectivity index is 2.36. The van der Waals surface area contributed by atoms with Gasteiger partial charge in [0.2, 0.25) is 0 Å². The fraction of sp³-hybridized carbons (Fsp3) is 0.600. The normalized spacial score (nSPS) is 24.7. The van der Waals surface area contributed by atoms with Crippen molar-refractivity contribution < 1.29 is 17.9 Å². The minimum Gasteiger partial charge on any atom is -0.286 e. The first-order valence-electron chi connectivity index (χ1n) is 2.76. The average Bonchev–Trinajstić information content (AvgIpc) is 2.10. The zero-order chi connectivity index (χ0) is 8.48. The lowest BCUT2D eigenvalue weighted by Crippen LogP contribution is -2.25. The first-order valence-corrected chi connectivity index (χ1v) is 2.76. The fourth-order valence-electron chi connectivity index (χ4n) is 0.612. The number of rotatable bonds is 1. The predicted octanol–water partition coefficient (Wildman–Crippen LogP) is 0.861. The van der Waals surface area contributed by atoms with E-state index in [0.717, 1.165) is 11.2 Å². The first-order chi connectivity index (χ1) is 4.97. The molecular weight excluding hydrogens is 161 g/mol. The fourth-order valence-corrected chi connectivity index (χ4v) is 0.612. The van der Waals surface area contributed by atoms with Gasteiger partial charge in [-0.2, -0.15) is 5.10 Å². The van der Waals surface area contributed by atoms with Crippen molar-refractivity contribution >= 4 is 6.21 Å². The number of nitrogens with zero attached hydrogens (tertiary/aromatic N) is 2. The molecule has 3 nitrogen and oxygen atoms in total. The van der Waals surface area contributed by atoms with Crippen molar-refractivity contribution in [1.29, 1.82) is 0 Å². The van der Waals surface area contributed by atoms with E-state index in [4.69, 9.17) is 0 Å². The molecule has 1 aliphatic heterocycles. The summed E-state index contributed by atoms with van der Waals surface area (Å²) in [7, 11) is 1.47. The minimum atomic E-state index is -4.63. The summed E-state index contributed by atoms with van der Waals surface area (Å²) in [6, 6.07) is 0. The molecule has 1 aliphatic rings. The van der Waals surface area contributed by atoms with Crippen molar-refractivity contribution in [2.45, 2.75) is 12.5 Å². The molecule has 1 heterocycles. The third kappa shape index (κ3) is 2.75. The number of alkyl halides is 3. The smallest absolute Gasteiger partial charge is 0.286 e. The summed E-state index contributed by atoms with van der Waals surface area (Å²) in [5.74, 6) is 0. The SMILES string of the molecule is CN1[C]C(OC(F)(F)F)C=N1. The Morgan fingerprint density at radius 2 is 2.27 bits per heavy atom. The summed E-state index contributed by atoms with van der Waals surface area (Å²) in [6.07, 6.45) is -4.82. The van der Waals surface area contributed by atoms with Crippen LogP contribution in [0.1, 0.15) is 0 Å². The van der Waals surface area contributed by atoms with E-state index in [9.17, 15) is 13.2 Å². The van der Waals surface area contributed by atoms with E-state index in [-0.39, 0.29) is 0 Å². The summed E-state index contributed by atoms with van der Waals surface area (Å²) in [6.45, 7) is 2.28. The van der Waals surface area contributed by atoms with Crippen LogP contribution in [0.2, 0.25) is 0 Å². The highest BCUT2D eigenvalue weighted by Crippen LogP contribution is 2.21. The quantitative estimate of drug-likeness (QED) is 0.577. The molecule has 1 atom stereocenters. The Hall–Kier alpha value is -0.780.